The SMILES string of the molecule is CCC(C)(CNC(=O)c1cccc(S(=O)(=O)N(C)C)c1)N1CCOCC1. The number of benzene rings is 1. The van der Waals surface area contributed by atoms with Crippen LogP contribution < -0.4 is 5.32 Å². The van der Waals surface area contributed by atoms with Crippen LogP contribution in [0.15, 0.2) is 29.2 Å². The van der Waals surface area contributed by atoms with Crippen molar-refractivity contribution >= 4 is 15.9 Å². The number of hydrogen-bond donors (Lipinski definition) is 1. The van der Waals surface area contributed by atoms with Gasteiger partial charge in [0.2, 0.25) is 10.0 Å². The van der Waals surface area contributed by atoms with Crippen LogP contribution in [0.4, 0.5) is 0 Å². The second-order valence-electron chi connectivity index (χ2n) is 6.95. The van der Waals surface area contributed by atoms with Crippen molar-refractivity contribution < 1.29 is 17.9 Å². The molecule has 0 radical (unpaired) electrons. The minimum absolute atomic E-state index is 0.113. The van der Waals surface area contributed by atoms with Crippen molar-refractivity contribution in [1.29, 1.82) is 0 Å². The highest BCUT2D eigenvalue weighted by molar-refractivity contribution is 7.89. The molecular weight excluding hydrogens is 354 g/mol. The van der Waals surface area contributed by atoms with Gasteiger partial charge in [-0.05, 0) is 31.5 Å². The number of rotatable bonds is 7. The van der Waals surface area contributed by atoms with E-state index in [4.69, 9.17) is 4.74 Å². The number of ether oxygens (including phenoxy) is 1. The summed E-state index contributed by atoms with van der Waals surface area (Å²) in [4.78, 5) is 15.0. The molecular formula is C18H29N3O4S. The van der Waals surface area contributed by atoms with Crippen LogP contribution in [0, 0.1) is 0 Å². The lowest BCUT2D eigenvalue weighted by Crippen LogP contribution is -2.56. The Morgan fingerprint density at radius 1 is 1.31 bits per heavy atom. The van der Waals surface area contributed by atoms with Crippen LogP contribution in [0.25, 0.3) is 0 Å². The summed E-state index contributed by atoms with van der Waals surface area (Å²) in [6.45, 7) is 7.82. The second-order valence-corrected chi connectivity index (χ2v) is 9.10. The third-order valence-corrected chi connectivity index (χ3v) is 6.85. The Morgan fingerprint density at radius 2 is 1.96 bits per heavy atom. The largest absolute Gasteiger partial charge is 0.379 e. The molecule has 1 aromatic rings. The molecule has 1 heterocycles. The van der Waals surface area contributed by atoms with E-state index in [1.165, 1.54) is 26.2 Å². The smallest absolute Gasteiger partial charge is 0.251 e. The minimum atomic E-state index is -3.57. The van der Waals surface area contributed by atoms with Crippen molar-refractivity contribution in [2.75, 3.05) is 46.9 Å². The van der Waals surface area contributed by atoms with E-state index in [1.807, 2.05) is 0 Å². The Labute approximate surface area is 156 Å². The molecule has 0 aromatic heterocycles. The van der Waals surface area contributed by atoms with Crippen LogP contribution in [0.3, 0.4) is 0 Å². The van der Waals surface area contributed by atoms with Gasteiger partial charge in [-0.25, -0.2) is 12.7 Å². The summed E-state index contributed by atoms with van der Waals surface area (Å²) in [5.74, 6) is -0.270. The molecule has 2 rings (SSSR count). The molecule has 0 spiro atoms. The molecule has 1 aliphatic rings. The fraction of sp³-hybridized carbons (Fsp3) is 0.611. The van der Waals surface area contributed by atoms with Gasteiger partial charge in [0.15, 0.2) is 0 Å². The molecule has 1 aromatic carbocycles. The molecule has 0 saturated carbocycles. The average molecular weight is 384 g/mol. The van der Waals surface area contributed by atoms with E-state index < -0.39 is 10.0 Å². The van der Waals surface area contributed by atoms with Crippen molar-refractivity contribution in [2.24, 2.45) is 0 Å². The van der Waals surface area contributed by atoms with Gasteiger partial charge < -0.3 is 10.1 Å². The zero-order valence-corrected chi connectivity index (χ0v) is 16.8. The molecule has 1 atom stereocenters. The second kappa shape index (κ2) is 8.47. The number of amides is 1. The molecule has 1 fully saturated rings. The highest BCUT2D eigenvalue weighted by Crippen LogP contribution is 2.20. The van der Waals surface area contributed by atoms with E-state index >= 15 is 0 Å². The molecule has 8 heteroatoms. The first-order valence-corrected chi connectivity index (χ1v) is 10.3. The Hall–Kier alpha value is -1.48. The molecule has 1 saturated heterocycles. The maximum absolute atomic E-state index is 12.6. The van der Waals surface area contributed by atoms with Gasteiger partial charge in [0.25, 0.3) is 5.91 Å². The van der Waals surface area contributed by atoms with Crippen molar-refractivity contribution in [3.63, 3.8) is 0 Å². The van der Waals surface area contributed by atoms with E-state index in [1.54, 1.807) is 12.1 Å². The monoisotopic (exact) mass is 383 g/mol. The fourth-order valence-electron chi connectivity index (χ4n) is 2.94. The van der Waals surface area contributed by atoms with E-state index in [0.29, 0.717) is 25.3 Å². The Kier molecular flexibility index (Phi) is 6.79. The zero-order chi connectivity index (χ0) is 19.4. The highest BCUT2D eigenvalue weighted by Gasteiger charge is 2.31. The number of nitrogens with zero attached hydrogens (tertiary/aromatic N) is 2. The first-order valence-electron chi connectivity index (χ1n) is 8.84. The first kappa shape index (κ1) is 20.8. The molecule has 26 heavy (non-hydrogen) atoms. The van der Waals surface area contributed by atoms with Gasteiger partial charge in [-0.3, -0.25) is 9.69 Å². The lowest BCUT2D eigenvalue weighted by atomic mass is 9.95. The topological polar surface area (TPSA) is 79.0 Å². The van der Waals surface area contributed by atoms with Crippen molar-refractivity contribution in [3.05, 3.63) is 29.8 Å². The summed E-state index contributed by atoms with van der Waals surface area (Å²) in [6.07, 6.45) is 0.891. The van der Waals surface area contributed by atoms with Gasteiger partial charge in [0.05, 0.1) is 18.1 Å². The molecule has 146 valence electrons. The van der Waals surface area contributed by atoms with Crippen LogP contribution in [0.2, 0.25) is 0 Å². The first-order chi connectivity index (χ1) is 12.2. The molecule has 1 unspecified atom stereocenters. The van der Waals surface area contributed by atoms with Gasteiger partial charge in [-0.2, -0.15) is 0 Å². The number of carbonyl (C=O) groups is 1. The van der Waals surface area contributed by atoms with Crippen LogP contribution in [0.1, 0.15) is 30.6 Å². The Balaban J connectivity index is 2.10. The summed E-state index contributed by atoms with van der Waals surface area (Å²) in [6, 6.07) is 6.13. The summed E-state index contributed by atoms with van der Waals surface area (Å²) in [5, 5.41) is 2.97. The van der Waals surface area contributed by atoms with Crippen molar-refractivity contribution in [1.82, 2.24) is 14.5 Å². The normalized spacial score (nSPS) is 18.5. The lowest BCUT2D eigenvalue weighted by molar-refractivity contribution is -0.0169. The quantitative estimate of drug-likeness (QED) is 0.765. The predicted molar refractivity (Wildman–Crippen MR) is 101 cm³/mol. The Bertz CT molecular complexity index is 730. The van der Waals surface area contributed by atoms with Gasteiger partial charge in [0.1, 0.15) is 0 Å². The van der Waals surface area contributed by atoms with Gasteiger partial charge >= 0.3 is 0 Å². The van der Waals surface area contributed by atoms with Crippen molar-refractivity contribution in [3.8, 4) is 0 Å². The van der Waals surface area contributed by atoms with Gasteiger partial charge in [0, 0.05) is 44.8 Å². The number of hydrogen-bond acceptors (Lipinski definition) is 5. The molecule has 1 N–H and O–H groups in total. The summed E-state index contributed by atoms with van der Waals surface area (Å²) >= 11 is 0. The summed E-state index contributed by atoms with van der Waals surface area (Å²) < 4.78 is 31.0. The highest BCUT2D eigenvalue weighted by atomic mass is 32.2. The number of carbonyl (C=O) groups excluding carboxylic acids is 1. The van der Waals surface area contributed by atoms with Crippen LogP contribution in [-0.2, 0) is 14.8 Å². The van der Waals surface area contributed by atoms with Crippen LogP contribution in [0.5, 0.6) is 0 Å². The zero-order valence-electron chi connectivity index (χ0n) is 16.0. The molecule has 1 aliphatic heterocycles. The summed E-state index contributed by atoms with van der Waals surface area (Å²) in [5.41, 5.74) is 0.181. The van der Waals surface area contributed by atoms with Gasteiger partial charge in [-0.15, -0.1) is 0 Å². The van der Waals surface area contributed by atoms with Crippen molar-refractivity contribution in [2.45, 2.75) is 30.7 Å². The summed E-state index contributed by atoms with van der Waals surface area (Å²) in [7, 11) is -0.628. The third-order valence-electron chi connectivity index (χ3n) is 5.04. The number of morpholine rings is 1. The van der Waals surface area contributed by atoms with Crippen LogP contribution >= 0.6 is 0 Å². The van der Waals surface area contributed by atoms with E-state index in [2.05, 4.69) is 24.1 Å². The van der Waals surface area contributed by atoms with E-state index in [-0.39, 0.29) is 16.3 Å². The maximum Gasteiger partial charge on any atom is 0.251 e. The van der Waals surface area contributed by atoms with E-state index in [0.717, 1.165) is 23.8 Å². The molecule has 0 bridgehead atoms. The number of nitrogens with one attached hydrogen (secondary N) is 1. The lowest BCUT2D eigenvalue weighted by Gasteiger charge is -2.43. The van der Waals surface area contributed by atoms with E-state index in [9.17, 15) is 13.2 Å². The molecule has 1 amide bonds. The predicted octanol–water partition coefficient (Wildman–Crippen LogP) is 1.17. The minimum Gasteiger partial charge on any atom is -0.379 e. The Morgan fingerprint density at radius 3 is 2.54 bits per heavy atom. The number of sulfonamides is 1. The van der Waals surface area contributed by atoms with Crippen LogP contribution in [-0.4, -0.2) is 76.0 Å². The average Bonchev–Trinajstić information content (AvgIpc) is 2.66. The molecule has 0 aliphatic carbocycles. The fourth-order valence-corrected chi connectivity index (χ4v) is 3.89. The van der Waals surface area contributed by atoms with Gasteiger partial charge in [-0.1, -0.05) is 13.0 Å². The molecule has 7 nitrogen and oxygen atoms in total. The standard InChI is InChI=1S/C18H29N3O4S/c1-5-18(2,21-9-11-25-12-10-21)14-19-17(22)15-7-6-8-16(13-15)26(23,24)20(3)4/h6-8,13H,5,9-12,14H2,1-4H3,(H,19,22). The third kappa shape index (κ3) is 4.62. The maximum atomic E-state index is 12.6.